The molecule has 2 fully saturated rings. The molecule has 4 heteroatoms. The van der Waals surface area contributed by atoms with Crippen molar-refractivity contribution >= 4 is 5.91 Å². The van der Waals surface area contributed by atoms with Crippen LogP contribution in [0, 0.1) is 5.92 Å². The van der Waals surface area contributed by atoms with E-state index in [0.717, 1.165) is 38.9 Å². The quantitative estimate of drug-likeness (QED) is 0.808. The van der Waals surface area contributed by atoms with Crippen molar-refractivity contribution in [2.24, 2.45) is 5.92 Å². The highest BCUT2D eigenvalue weighted by Crippen LogP contribution is 2.17. The number of amides is 1. The van der Waals surface area contributed by atoms with Crippen LogP contribution in [0.25, 0.3) is 0 Å². The highest BCUT2D eigenvalue weighted by molar-refractivity contribution is 5.76. The Morgan fingerprint density at radius 1 is 1.42 bits per heavy atom. The molecule has 3 atom stereocenters. The summed E-state index contributed by atoms with van der Waals surface area (Å²) in [5.41, 5.74) is 0. The van der Waals surface area contributed by atoms with E-state index in [2.05, 4.69) is 29.5 Å². The minimum atomic E-state index is 0.257. The van der Waals surface area contributed by atoms with Gasteiger partial charge in [0.1, 0.15) is 0 Å². The number of hydrogen-bond donors (Lipinski definition) is 2. The molecule has 2 aliphatic heterocycles. The molecule has 0 aliphatic carbocycles. The van der Waals surface area contributed by atoms with Crippen molar-refractivity contribution in [3.8, 4) is 0 Å². The van der Waals surface area contributed by atoms with Gasteiger partial charge in [-0.1, -0.05) is 0 Å². The van der Waals surface area contributed by atoms with Crippen molar-refractivity contribution in [3.63, 3.8) is 0 Å². The Bertz CT molecular complexity index is 289. The van der Waals surface area contributed by atoms with E-state index in [4.69, 9.17) is 0 Å². The summed E-state index contributed by atoms with van der Waals surface area (Å²) in [5.74, 6) is 0.961. The van der Waals surface area contributed by atoms with Gasteiger partial charge in [0.05, 0.1) is 0 Å². The van der Waals surface area contributed by atoms with Crippen LogP contribution in [-0.4, -0.2) is 49.6 Å². The molecule has 0 radical (unpaired) electrons. The zero-order chi connectivity index (χ0) is 13.7. The largest absolute Gasteiger partial charge is 0.353 e. The lowest BCUT2D eigenvalue weighted by Gasteiger charge is -2.35. The molecule has 0 saturated carbocycles. The van der Waals surface area contributed by atoms with Gasteiger partial charge < -0.3 is 15.5 Å². The first-order chi connectivity index (χ1) is 9.15. The van der Waals surface area contributed by atoms with E-state index in [1.54, 1.807) is 0 Å². The molecular formula is C15H29N3O. The highest BCUT2D eigenvalue weighted by atomic mass is 16.1. The second-order valence-corrected chi connectivity index (χ2v) is 6.37. The predicted octanol–water partition coefficient (Wildman–Crippen LogP) is 1.37. The third-order valence-corrected chi connectivity index (χ3v) is 4.75. The first-order valence-corrected chi connectivity index (χ1v) is 7.85. The number of nitrogens with zero attached hydrogens (tertiary/aromatic N) is 1. The summed E-state index contributed by atoms with van der Waals surface area (Å²) in [6.07, 6.45) is 6.48. The molecule has 19 heavy (non-hydrogen) atoms. The standard InChI is InChI=1S/C15H29N3O/c1-12-10-14(7-9-18(12)2)17-15(19)6-5-13-4-3-8-16-11-13/h12-14,16H,3-11H2,1-2H3,(H,17,19). The van der Waals surface area contributed by atoms with Gasteiger partial charge in [-0.15, -0.1) is 0 Å². The second kappa shape index (κ2) is 7.25. The summed E-state index contributed by atoms with van der Waals surface area (Å²) in [6, 6.07) is 0.977. The molecule has 4 nitrogen and oxygen atoms in total. The lowest BCUT2D eigenvalue weighted by molar-refractivity contribution is -0.122. The number of nitrogens with one attached hydrogen (secondary N) is 2. The first kappa shape index (κ1) is 14.8. The van der Waals surface area contributed by atoms with Crippen molar-refractivity contribution in [1.29, 1.82) is 0 Å². The van der Waals surface area contributed by atoms with Crippen LogP contribution >= 0.6 is 0 Å². The number of carbonyl (C=O) groups is 1. The normalized spacial score (nSPS) is 33.1. The minimum absolute atomic E-state index is 0.257. The van der Waals surface area contributed by atoms with Gasteiger partial charge in [-0.25, -0.2) is 0 Å². The van der Waals surface area contributed by atoms with Gasteiger partial charge in [0, 0.05) is 25.0 Å². The highest BCUT2D eigenvalue weighted by Gasteiger charge is 2.24. The van der Waals surface area contributed by atoms with E-state index in [1.807, 2.05) is 0 Å². The summed E-state index contributed by atoms with van der Waals surface area (Å²) in [7, 11) is 2.17. The van der Waals surface area contributed by atoms with Gasteiger partial charge in [0.2, 0.25) is 5.91 Å². The molecule has 1 amide bonds. The van der Waals surface area contributed by atoms with Crippen LogP contribution in [0.4, 0.5) is 0 Å². The Hall–Kier alpha value is -0.610. The summed E-state index contributed by atoms with van der Waals surface area (Å²) in [4.78, 5) is 14.4. The molecule has 2 aliphatic rings. The van der Waals surface area contributed by atoms with Crippen LogP contribution in [0.1, 0.15) is 45.4 Å². The fourth-order valence-corrected chi connectivity index (χ4v) is 3.23. The first-order valence-electron chi connectivity index (χ1n) is 7.85. The van der Waals surface area contributed by atoms with E-state index in [0.29, 0.717) is 24.4 Å². The van der Waals surface area contributed by atoms with Crippen molar-refractivity contribution in [2.75, 3.05) is 26.7 Å². The van der Waals surface area contributed by atoms with Gasteiger partial charge in [0.15, 0.2) is 0 Å². The third kappa shape index (κ3) is 4.77. The van der Waals surface area contributed by atoms with Gasteiger partial charge in [-0.05, 0) is 65.1 Å². The van der Waals surface area contributed by atoms with Crippen molar-refractivity contribution < 1.29 is 4.79 Å². The average Bonchev–Trinajstić information content (AvgIpc) is 2.42. The maximum absolute atomic E-state index is 12.0. The maximum Gasteiger partial charge on any atom is 0.220 e. The van der Waals surface area contributed by atoms with Crippen LogP contribution in [-0.2, 0) is 4.79 Å². The van der Waals surface area contributed by atoms with E-state index in [1.165, 1.54) is 12.8 Å². The number of carbonyl (C=O) groups excluding carboxylic acids is 1. The van der Waals surface area contributed by atoms with Crippen LogP contribution in [0.15, 0.2) is 0 Å². The second-order valence-electron chi connectivity index (χ2n) is 6.37. The predicted molar refractivity (Wildman–Crippen MR) is 78.1 cm³/mol. The Morgan fingerprint density at radius 2 is 2.26 bits per heavy atom. The van der Waals surface area contributed by atoms with Crippen LogP contribution in [0.3, 0.4) is 0 Å². The van der Waals surface area contributed by atoms with E-state index in [9.17, 15) is 4.79 Å². The smallest absolute Gasteiger partial charge is 0.220 e. The SMILES string of the molecule is CC1CC(NC(=O)CCC2CCCNC2)CCN1C. The Balaban J connectivity index is 1.63. The van der Waals surface area contributed by atoms with E-state index >= 15 is 0 Å². The number of hydrogen-bond acceptors (Lipinski definition) is 3. The lowest BCUT2D eigenvalue weighted by atomic mass is 9.94. The molecule has 0 aromatic rings. The van der Waals surface area contributed by atoms with Gasteiger partial charge in [0.25, 0.3) is 0 Å². The summed E-state index contributed by atoms with van der Waals surface area (Å²) < 4.78 is 0. The maximum atomic E-state index is 12.0. The van der Waals surface area contributed by atoms with Crippen LogP contribution in [0.2, 0.25) is 0 Å². The minimum Gasteiger partial charge on any atom is -0.353 e. The Morgan fingerprint density at radius 3 is 2.95 bits per heavy atom. The molecule has 2 rings (SSSR count). The molecule has 3 unspecified atom stereocenters. The third-order valence-electron chi connectivity index (χ3n) is 4.75. The van der Waals surface area contributed by atoms with Crippen molar-refractivity contribution in [2.45, 2.75) is 57.5 Å². The van der Waals surface area contributed by atoms with Crippen LogP contribution < -0.4 is 10.6 Å². The molecule has 2 heterocycles. The van der Waals surface area contributed by atoms with Crippen molar-refractivity contribution in [3.05, 3.63) is 0 Å². The lowest BCUT2D eigenvalue weighted by Crippen LogP contribution is -2.47. The number of likely N-dealkylation sites (tertiary alicyclic amines) is 1. The summed E-state index contributed by atoms with van der Waals surface area (Å²) in [6.45, 7) is 5.58. The van der Waals surface area contributed by atoms with Gasteiger partial charge >= 0.3 is 0 Å². The summed E-state index contributed by atoms with van der Waals surface area (Å²) in [5, 5.41) is 6.64. The molecule has 0 aromatic carbocycles. The fourth-order valence-electron chi connectivity index (χ4n) is 3.23. The van der Waals surface area contributed by atoms with Gasteiger partial charge in [-0.3, -0.25) is 4.79 Å². The zero-order valence-electron chi connectivity index (χ0n) is 12.5. The molecule has 110 valence electrons. The fraction of sp³-hybridized carbons (Fsp3) is 0.933. The monoisotopic (exact) mass is 267 g/mol. The topological polar surface area (TPSA) is 44.4 Å². The molecule has 0 aromatic heterocycles. The molecule has 2 N–H and O–H groups in total. The van der Waals surface area contributed by atoms with Crippen LogP contribution in [0.5, 0.6) is 0 Å². The zero-order valence-corrected chi connectivity index (χ0v) is 12.5. The average molecular weight is 267 g/mol. The Labute approximate surface area is 117 Å². The number of piperidine rings is 2. The molecular weight excluding hydrogens is 238 g/mol. The van der Waals surface area contributed by atoms with Crippen molar-refractivity contribution in [1.82, 2.24) is 15.5 Å². The molecule has 0 bridgehead atoms. The van der Waals surface area contributed by atoms with E-state index < -0.39 is 0 Å². The molecule has 2 saturated heterocycles. The molecule has 0 spiro atoms. The number of rotatable bonds is 4. The van der Waals surface area contributed by atoms with E-state index in [-0.39, 0.29) is 5.91 Å². The Kier molecular flexibility index (Phi) is 5.64. The summed E-state index contributed by atoms with van der Waals surface area (Å²) >= 11 is 0. The van der Waals surface area contributed by atoms with Gasteiger partial charge in [-0.2, -0.15) is 0 Å².